The van der Waals surface area contributed by atoms with Crippen molar-refractivity contribution in [2.24, 2.45) is 5.92 Å². The molecule has 0 aliphatic carbocycles. The largest absolute Gasteiger partial charge is 0.350 e. The Labute approximate surface area is 238 Å². The first kappa shape index (κ1) is 29.7. The van der Waals surface area contributed by atoms with Crippen LogP contribution in [-0.2, 0) is 19.7 Å². The average Bonchev–Trinajstić information content (AvgIpc) is 3.51. The fourth-order valence-corrected chi connectivity index (χ4v) is 6.01. The van der Waals surface area contributed by atoms with Gasteiger partial charge in [-0.3, -0.25) is 14.4 Å². The third-order valence-corrected chi connectivity index (χ3v) is 8.19. The maximum Gasteiger partial charge on any atom is 0.254 e. The molecule has 2 aliphatic heterocycles. The number of nitrogens with zero attached hydrogens (tertiary/aromatic N) is 2. The van der Waals surface area contributed by atoms with Gasteiger partial charge in [0.2, 0.25) is 11.7 Å². The number of carbonyl (C=O) groups is 3. The van der Waals surface area contributed by atoms with Gasteiger partial charge in [0.05, 0.1) is 12.6 Å². The number of hydrogen-bond acceptors (Lipinski definition) is 5. The third kappa shape index (κ3) is 5.79. The summed E-state index contributed by atoms with van der Waals surface area (Å²) in [5.41, 5.74) is 2.20. The van der Waals surface area contributed by atoms with Gasteiger partial charge in [-0.25, -0.2) is 0 Å². The van der Waals surface area contributed by atoms with Crippen LogP contribution in [0.1, 0.15) is 73.7 Å². The van der Waals surface area contributed by atoms with Gasteiger partial charge in [0, 0.05) is 31.9 Å². The second-order valence-corrected chi connectivity index (χ2v) is 12.3. The molecule has 2 heterocycles. The van der Waals surface area contributed by atoms with Crippen LogP contribution in [0.3, 0.4) is 0 Å². The van der Waals surface area contributed by atoms with Crippen molar-refractivity contribution in [3.05, 3.63) is 71.3 Å². The van der Waals surface area contributed by atoms with Crippen molar-refractivity contribution in [3.8, 4) is 0 Å². The van der Waals surface area contributed by atoms with Crippen molar-refractivity contribution in [2.75, 3.05) is 27.3 Å². The van der Waals surface area contributed by atoms with E-state index in [9.17, 15) is 14.4 Å². The summed E-state index contributed by atoms with van der Waals surface area (Å²) in [6.45, 7) is 11.1. The highest BCUT2D eigenvalue weighted by Gasteiger charge is 2.61. The van der Waals surface area contributed by atoms with Gasteiger partial charge in [-0.15, -0.1) is 0 Å². The molecule has 2 aromatic carbocycles. The van der Waals surface area contributed by atoms with Crippen LogP contribution in [0.15, 0.2) is 54.6 Å². The topological polar surface area (TPSA) is 88.2 Å². The molecule has 2 saturated heterocycles. The summed E-state index contributed by atoms with van der Waals surface area (Å²) in [5, 5.41) is 3.01. The van der Waals surface area contributed by atoms with Crippen LogP contribution in [0.4, 0.5) is 0 Å². The second kappa shape index (κ2) is 11.7. The van der Waals surface area contributed by atoms with Gasteiger partial charge >= 0.3 is 0 Å². The smallest absolute Gasteiger partial charge is 0.254 e. The van der Waals surface area contributed by atoms with Crippen LogP contribution in [0, 0.1) is 5.92 Å². The summed E-state index contributed by atoms with van der Waals surface area (Å²) in [5.74, 6) is -1.59. The summed E-state index contributed by atoms with van der Waals surface area (Å²) in [6, 6.07) is 15.2. The summed E-state index contributed by atoms with van der Waals surface area (Å²) in [6.07, 6.45) is 1.08. The lowest BCUT2D eigenvalue weighted by atomic mass is 9.86. The first-order chi connectivity index (χ1) is 18.9. The van der Waals surface area contributed by atoms with Crippen LogP contribution >= 0.6 is 0 Å². The van der Waals surface area contributed by atoms with E-state index in [0.717, 1.165) is 5.56 Å². The molecule has 3 amide bonds. The molecule has 2 unspecified atom stereocenters. The molecule has 0 radical (unpaired) electrons. The van der Waals surface area contributed by atoms with Gasteiger partial charge in [0.15, 0.2) is 0 Å². The Kier molecular flexibility index (Phi) is 8.71. The molecule has 0 bridgehead atoms. The van der Waals surface area contributed by atoms with Gasteiger partial charge in [0.25, 0.3) is 11.8 Å². The molecule has 1 N–H and O–H groups in total. The lowest BCUT2D eigenvalue weighted by Gasteiger charge is -2.38. The third-order valence-electron chi connectivity index (χ3n) is 8.19. The Balaban J connectivity index is 1.58. The second-order valence-electron chi connectivity index (χ2n) is 12.3. The molecule has 40 heavy (non-hydrogen) atoms. The summed E-state index contributed by atoms with van der Waals surface area (Å²) in [4.78, 5) is 44.5. The molecule has 4 rings (SSSR count). The van der Waals surface area contributed by atoms with E-state index in [2.05, 4.69) is 26.1 Å². The molecular formula is C32H43N3O5. The number of nitrogens with one attached hydrogen (secondary N) is 1. The molecular weight excluding hydrogens is 506 g/mol. The zero-order valence-electron chi connectivity index (χ0n) is 24.8. The summed E-state index contributed by atoms with van der Waals surface area (Å²) < 4.78 is 11.8. The number of carbonyl (C=O) groups excluding carboxylic acids is 3. The monoisotopic (exact) mass is 549 g/mol. The van der Waals surface area contributed by atoms with E-state index in [-0.39, 0.29) is 41.6 Å². The van der Waals surface area contributed by atoms with Gasteiger partial charge < -0.3 is 24.6 Å². The lowest BCUT2D eigenvalue weighted by Crippen LogP contribution is -2.58. The normalized spacial score (nSPS) is 20.9. The molecule has 8 nitrogen and oxygen atoms in total. The predicted molar refractivity (Wildman–Crippen MR) is 154 cm³/mol. The van der Waals surface area contributed by atoms with E-state index in [1.807, 2.05) is 56.3 Å². The van der Waals surface area contributed by atoms with Gasteiger partial charge in [-0.2, -0.15) is 0 Å². The number of ether oxygens (including phenoxy) is 2. The highest BCUT2D eigenvalue weighted by Crippen LogP contribution is 2.41. The van der Waals surface area contributed by atoms with Crippen LogP contribution < -0.4 is 5.32 Å². The molecule has 216 valence electrons. The van der Waals surface area contributed by atoms with E-state index in [0.29, 0.717) is 30.5 Å². The lowest BCUT2D eigenvalue weighted by molar-refractivity contribution is -0.222. The quantitative estimate of drug-likeness (QED) is 0.498. The minimum Gasteiger partial charge on any atom is -0.350 e. The van der Waals surface area contributed by atoms with Crippen molar-refractivity contribution < 1.29 is 23.9 Å². The maximum absolute atomic E-state index is 14.1. The number of hydrogen-bond donors (Lipinski definition) is 1. The molecule has 0 spiro atoms. The highest BCUT2D eigenvalue weighted by molar-refractivity contribution is 5.98. The zero-order valence-corrected chi connectivity index (χ0v) is 24.8. The summed E-state index contributed by atoms with van der Waals surface area (Å²) in [7, 11) is 3.10. The number of rotatable bonds is 8. The number of likely N-dealkylation sites (tertiary alicyclic amines) is 2. The van der Waals surface area contributed by atoms with Crippen LogP contribution in [-0.4, -0.2) is 78.7 Å². The van der Waals surface area contributed by atoms with Crippen molar-refractivity contribution in [2.45, 2.75) is 76.8 Å². The van der Waals surface area contributed by atoms with E-state index < -0.39 is 17.9 Å². The van der Waals surface area contributed by atoms with Gasteiger partial charge in [-0.1, -0.05) is 65.0 Å². The highest BCUT2D eigenvalue weighted by atomic mass is 16.7. The molecule has 0 aromatic heterocycles. The Morgan fingerprint density at radius 3 is 2.12 bits per heavy atom. The van der Waals surface area contributed by atoms with Crippen molar-refractivity contribution >= 4 is 17.7 Å². The van der Waals surface area contributed by atoms with E-state index >= 15 is 0 Å². The number of methoxy groups -OCH3 is 2. The molecule has 8 heteroatoms. The Bertz CT molecular complexity index is 1200. The van der Waals surface area contributed by atoms with Gasteiger partial charge in [-0.05, 0) is 54.0 Å². The minimum absolute atomic E-state index is 0.0241. The van der Waals surface area contributed by atoms with E-state index in [1.165, 1.54) is 0 Å². The Morgan fingerprint density at radius 2 is 1.57 bits per heavy atom. The minimum atomic E-state index is -1.17. The molecule has 3 atom stereocenters. The molecule has 2 aliphatic rings. The number of amides is 3. The van der Waals surface area contributed by atoms with Crippen LogP contribution in [0.25, 0.3) is 0 Å². The molecule has 2 fully saturated rings. The van der Waals surface area contributed by atoms with E-state index in [1.54, 1.807) is 36.2 Å². The van der Waals surface area contributed by atoms with Gasteiger partial charge in [0.1, 0.15) is 12.1 Å². The van der Waals surface area contributed by atoms with Crippen molar-refractivity contribution in [3.63, 3.8) is 0 Å². The van der Waals surface area contributed by atoms with Crippen LogP contribution in [0.5, 0.6) is 0 Å². The number of fused-ring (bicyclic) bond motifs is 1. The maximum atomic E-state index is 14.1. The standard InChI is InChI=1S/C32H43N3O5/c1-21(2)19-25(33-28(36)22-13-15-24(16-14-22)31(3,4)5)30(38)34-18-17-26-27(34)32(39-6,40-7)20-35(26)29(37)23-11-9-8-10-12-23/h8-16,21,25-27H,17-20H2,1-7H3,(H,33,36)/t25-,26?,27?/m0/s1. The SMILES string of the molecule is COC1(OC)CN(C(=O)c2ccccc2)C2CCN(C(=O)[C@H](CC(C)C)NC(=O)c3ccc(C(C)(C)C)cc3)C21. The number of benzene rings is 2. The first-order valence-electron chi connectivity index (χ1n) is 14.1. The van der Waals surface area contributed by atoms with Crippen molar-refractivity contribution in [1.82, 2.24) is 15.1 Å². The average molecular weight is 550 g/mol. The van der Waals surface area contributed by atoms with E-state index in [4.69, 9.17) is 9.47 Å². The molecule has 0 saturated carbocycles. The Morgan fingerprint density at radius 1 is 0.950 bits per heavy atom. The summed E-state index contributed by atoms with van der Waals surface area (Å²) >= 11 is 0. The Hall–Kier alpha value is -3.23. The fourth-order valence-electron chi connectivity index (χ4n) is 6.01. The fraction of sp³-hybridized carbons (Fsp3) is 0.531. The zero-order chi connectivity index (χ0) is 29.2. The predicted octanol–water partition coefficient (Wildman–Crippen LogP) is 4.24. The van der Waals surface area contributed by atoms with Crippen LogP contribution in [0.2, 0.25) is 0 Å². The van der Waals surface area contributed by atoms with Crippen molar-refractivity contribution in [1.29, 1.82) is 0 Å². The molecule has 2 aromatic rings. The first-order valence-corrected chi connectivity index (χ1v) is 14.1.